The van der Waals surface area contributed by atoms with Gasteiger partial charge in [0.15, 0.2) is 0 Å². The molecule has 0 saturated carbocycles. The van der Waals surface area contributed by atoms with Crippen molar-refractivity contribution in [1.29, 1.82) is 0 Å². The third-order valence-electron chi connectivity index (χ3n) is 8.19. The maximum atomic E-state index is 12.5. The normalized spacial score (nSPS) is 17.4. The van der Waals surface area contributed by atoms with E-state index in [1.807, 2.05) is 6.08 Å². The molecule has 1 aliphatic heterocycles. The first-order valence-electron chi connectivity index (χ1n) is 16.3. The predicted octanol–water partition coefficient (Wildman–Crippen LogP) is 8.85. The molecule has 0 saturated heterocycles. The van der Waals surface area contributed by atoms with Crippen LogP contribution in [-0.4, -0.2) is 29.2 Å². The van der Waals surface area contributed by atoms with Gasteiger partial charge in [0.2, 0.25) is 5.91 Å². The van der Waals surface area contributed by atoms with Gasteiger partial charge in [-0.05, 0) is 32.1 Å². The lowest BCUT2D eigenvalue weighted by Gasteiger charge is -2.34. The van der Waals surface area contributed by atoms with Crippen molar-refractivity contribution >= 4 is 11.9 Å². The number of hydrogen-bond acceptors (Lipinski definition) is 4. The molecule has 1 unspecified atom stereocenters. The van der Waals surface area contributed by atoms with Crippen LogP contribution < -0.4 is 5.73 Å². The topological polar surface area (TPSA) is 89.6 Å². The van der Waals surface area contributed by atoms with E-state index < -0.39 is 5.60 Å². The molecule has 1 atom stereocenters. The lowest BCUT2D eigenvalue weighted by atomic mass is 9.88. The molecule has 0 spiro atoms. The van der Waals surface area contributed by atoms with Crippen LogP contribution in [0.4, 0.5) is 0 Å². The number of nitrogens with two attached hydrogens (primary N) is 1. The molecule has 222 valence electrons. The maximum absolute atomic E-state index is 12.5. The zero-order valence-electron chi connectivity index (χ0n) is 24.9. The number of carbonyl (C=O) groups excluding carboxylic acids is 2. The van der Waals surface area contributed by atoms with Crippen LogP contribution in [0.15, 0.2) is 11.6 Å². The molecule has 1 rings (SSSR count). The predicted molar refractivity (Wildman–Crippen MR) is 159 cm³/mol. The number of aliphatic hydroxyl groups is 1. The second-order valence-electron chi connectivity index (χ2n) is 11.8. The van der Waals surface area contributed by atoms with Crippen LogP contribution in [0.5, 0.6) is 0 Å². The minimum atomic E-state index is -0.766. The third kappa shape index (κ3) is 18.0. The van der Waals surface area contributed by atoms with E-state index >= 15 is 0 Å². The highest BCUT2D eigenvalue weighted by molar-refractivity contribution is 5.89. The summed E-state index contributed by atoms with van der Waals surface area (Å²) in [5, 5.41) is 9.89. The second kappa shape index (κ2) is 23.5. The number of rotatable bonds is 27. The summed E-state index contributed by atoms with van der Waals surface area (Å²) < 4.78 is 5.74. The number of ether oxygens (including phenoxy) is 1. The number of carbonyl (C=O) groups is 2. The van der Waals surface area contributed by atoms with E-state index in [4.69, 9.17) is 10.5 Å². The fourth-order valence-electron chi connectivity index (χ4n) is 5.55. The van der Waals surface area contributed by atoms with Crippen LogP contribution in [0.25, 0.3) is 0 Å². The first-order valence-corrected chi connectivity index (χ1v) is 16.3. The minimum Gasteiger partial charge on any atom is -0.453 e. The molecule has 1 aliphatic rings. The Morgan fingerprint density at radius 1 is 0.763 bits per heavy atom. The molecule has 5 nitrogen and oxygen atoms in total. The van der Waals surface area contributed by atoms with Crippen LogP contribution in [0.2, 0.25) is 0 Å². The van der Waals surface area contributed by atoms with Crippen molar-refractivity contribution in [2.75, 3.05) is 6.61 Å². The first-order chi connectivity index (χ1) is 18.5. The van der Waals surface area contributed by atoms with Crippen molar-refractivity contribution in [2.45, 2.75) is 179 Å². The first kappa shape index (κ1) is 34.7. The van der Waals surface area contributed by atoms with Gasteiger partial charge in [0.05, 0.1) is 6.61 Å². The summed E-state index contributed by atoms with van der Waals surface area (Å²) in [6.07, 6.45) is 32.4. The molecule has 0 aromatic carbocycles. The average Bonchev–Trinajstić information content (AvgIpc) is 2.90. The molecule has 0 aliphatic carbocycles. The monoisotopic (exact) mass is 535 g/mol. The Kier molecular flexibility index (Phi) is 21.5. The Balaban J connectivity index is 1.97. The van der Waals surface area contributed by atoms with Gasteiger partial charge in [0, 0.05) is 18.4 Å². The minimum absolute atomic E-state index is 0.136. The molecule has 0 fully saturated rings. The van der Waals surface area contributed by atoms with E-state index in [2.05, 4.69) is 6.92 Å². The molecule has 38 heavy (non-hydrogen) atoms. The number of esters is 1. The summed E-state index contributed by atoms with van der Waals surface area (Å²) >= 11 is 0. The van der Waals surface area contributed by atoms with Crippen molar-refractivity contribution in [1.82, 2.24) is 0 Å². The largest absolute Gasteiger partial charge is 0.453 e. The summed E-state index contributed by atoms with van der Waals surface area (Å²) in [4.78, 5) is 23.3. The van der Waals surface area contributed by atoms with Crippen LogP contribution in [0, 0.1) is 0 Å². The Morgan fingerprint density at radius 3 is 1.66 bits per heavy atom. The average molecular weight is 536 g/mol. The number of amides is 1. The zero-order chi connectivity index (χ0) is 27.7. The summed E-state index contributed by atoms with van der Waals surface area (Å²) in [6.45, 7) is 2.15. The highest BCUT2D eigenvalue weighted by Crippen LogP contribution is 2.31. The van der Waals surface area contributed by atoms with E-state index in [0.717, 1.165) is 44.1 Å². The van der Waals surface area contributed by atoms with Gasteiger partial charge in [-0.25, -0.2) is 4.79 Å². The molecule has 5 heteroatoms. The van der Waals surface area contributed by atoms with E-state index in [9.17, 15) is 14.7 Å². The molecule has 0 aromatic rings. The fourth-order valence-corrected chi connectivity index (χ4v) is 5.55. The van der Waals surface area contributed by atoms with Crippen molar-refractivity contribution < 1.29 is 19.4 Å². The van der Waals surface area contributed by atoms with Crippen LogP contribution >= 0.6 is 0 Å². The smallest absolute Gasteiger partial charge is 0.334 e. The summed E-state index contributed by atoms with van der Waals surface area (Å²) in [7, 11) is 0. The van der Waals surface area contributed by atoms with Crippen LogP contribution in [0.1, 0.15) is 174 Å². The Bertz CT molecular complexity index is 632. The van der Waals surface area contributed by atoms with Gasteiger partial charge in [-0.2, -0.15) is 0 Å². The molecular weight excluding hydrogens is 474 g/mol. The summed E-state index contributed by atoms with van der Waals surface area (Å²) in [6, 6.07) is 0. The van der Waals surface area contributed by atoms with E-state index in [1.165, 1.54) is 109 Å². The van der Waals surface area contributed by atoms with E-state index in [0.29, 0.717) is 19.3 Å². The van der Waals surface area contributed by atoms with Gasteiger partial charge >= 0.3 is 5.97 Å². The Morgan fingerprint density at radius 2 is 1.21 bits per heavy atom. The summed E-state index contributed by atoms with van der Waals surface area (Å²) in [5.74, 6) is -0.503. The van der Waals surface area contributed by atoms with Crippen molar-refractivity contribution in [3.05, 3.63) is 11.6 Å². The highest BCUT2D eigenvalue weighted by atomic mass is 16.6. The van der Waals surface area contributed by atoms with Crippen molar-refractivity contribution in [3.63, 3.8) is 0 Å². The fraction of sp³-hybridized carbons (Fsp3) is 0.879. The molecule has 0 bridgehead atoms. The molecule has 0 aromatic heterocycles. The summed E-state index contributed by atoms with van der Waals surface area (Å²) in [5.41, 5.74) is 5.19. The van der Waals surface area contributed by atoms with Crippen molar-refractivity contribution in [3.8, 4) is 0 Å². The van der Waals surface area contributed by atoms with Crippen LogP contribution in [-0.2, 0) is 14.3 Å². The standard InChI is InChI=1S/C33H61NO4/c1-2-3-4-5-6-7-8-9-10-11-12-13-14-15-16-17-18-21-24-30-26-28-33(29-35,38-32(30)37)27-23-20-19-22-25-31(34)36/h26,35H,2-25,27-29H2,1H3,(H2,34,36). The van der Waals surface area contributed by atoms with Gasteiger partial charge in [-0.3, -0.25) is 4.79 Å². The molecule has 3 N–H and O–H groups in total. The van der Waals surface area contributed by atoms with Gasteiger partial charge in [-0.1, -0.05) is 135 Å². The quantitative estimate of drug-likeness (QED) is 0.0812. The second-order valence-corrected chi connectivity index (χ2v) is 11.8. The lowest BCUT2D eigenvalue weighted by molar-refractivity contribution is -0.163. The SMILES string of the molecule is CCCCCCCCCCCCCCCCCCCCC1=CCC(CO)(CCCCCCC(N)=O)OC1=O. The maximum Gasteiger partial charge on any atom is 0.334 e. The molecule has 1 amide bonds. The van der Waals surface area contributed by atoms with Gasteiger partial charge in [0.25, 0.3) is 0 Å². The number of aliphatic hydroxyl groups excluding tert-OH is 1. The Labute approximate surface area is 234 Å². The van der Waals surface area contributed by atoms with Gasteiger partial charge < -0.3 is 15.6 Å². The number of cyclic esters (lactones) is 1. The number of hydrogen-bond donors (Lipinski definition) is 2. The van der Waals surface area contributed by atoms with E-state index in [-0.39, 0.29) is 18.5 Å². The van der Waals surface area contributed by atoms with Crippen molar-refractivity contribution in [2.24, 2.45) is 5.73 Å². The zero-order valence-corrected chi connectivity index (χ0v) is 24.9. The van der Waals surface area contributed by atoms with Gasteiger partial charge in [-0.15, -0.1) is 0 Å². The van der Waals surface area contributed by atoms with Gasteiger partial charge in [0.1, 0.15) is 5.60 Å². The molecule has 1 heterocycles. The molecule has 0 radical (unpaired) electrons. The lowest BCUT2D eigenvalue weighted by Crippen LogP contribution is -2.41. The number of unbranched alkanes of at least 4 members (excludes halogenated alkanes) is 20. The Hall–Kier alpha value is -1.36. The molecular formula is C33H61NO4. The number of primary amides is 1. The van der Waals surface area contributed by atoms with Crippen LogP contribution in [0.3, 0.4) is 0 Å². The highest BCUT2D eigenvalue weighted by Gasteiger charge is 2.36. The third-order valence-corrected chi connectivity index (χ3v) is 8.19. The van der Waals surface area contributed by atoms with E-state index in [1.54, 1.807) is 0 Å².